The molecule has 0 saturated heterocycles. The molecule has 0 fully saturated rings. The van der Waals surface area contributed by atoms with Gasteiger partial charge in [0.15, 0.2) is 0 Å². The monoisotopic (exact) mass is 269 g/mol. The third-order valence-electron chi connectivity index (χ3n) is 3.61. The predicted molar refractivity (Wildman–Crippen MR) is 83.7 cm³/mol. The average molecular weight is 269 g/mol. The minimum Gasteiger partial charge on any atom is -0.395 e. The highest BCUT2D eigenvalue weighted by Crippen LogP contribution is 2.15. The molecule has 0 aromatic heterocycles. The summed E-state index contributed by atoms with van der Waals surface area (Å²) in [6.07, 6.45) is 0.841. The van der Waals surface area contributed by atoms with Crippen LogP contribution in [-0.2, 0) is 6.42 Å². The van der Waals surface area contributed by atoms with E-state index in [4.69, 9.17) is 0 Å². The highest BCUT2D eigenvalue weighted by atomic mass is 16.3. The smallest absolute Gasteiger partial charge is 0.0588 e. The van der Waals surface area contributed by atoms with Gasteiger partial charge in [-0.3, -0.25) is 0 Å². The molecule has 20 heavy (non-hydrogen) atoms. The Morgan fingerprint density at radius 2 is 1.65 bits per heavy atom. The molecule has 0 aliphatic rings. The third-order valence-corrected chi connectivity index (χ3v) is 3.61. The Balaban J connectivity index is 1.97. The van der Waals surface area contributed by atoms with E-state index in [1.165, 1.54) is 16.7 Å². The molecule has 0 radical (unpaired) electrons. The van der Waals surface area contributed by atoms with Gasteiger partial charge in [-0.25, -0.2) is 0 Å². The summed E-state index contributed by atoms with van der Waals surface area (Å²) in [7, 11) is 0. The largest absolute Gasteiger partial charge is 0.395 e. The van der Waals surface area contributed by atoms with Gasteiger partial charge in [-0.05, 0) is 31.4 Å². The molecule has 2 atom stereocenters. The van der Waals surface area contributed by atoms with Gasteiger partial charge in [0.1, 0.15) is 0 Å². The van der Waals surface area contributed by atoms with Crippen molar-refractivity contribution in [3.8, 4) is 0 Å². The van der Waals surface area contributed by atoms with Crippen molar-refractivity contribution >= 4 is 0 Å². The number of hydrogen-bond donors (Lipinski definition) is 2. The summed E-state index contributed by atoms with van der Waals surface area (Å²) < 4.78 is 0. The van der Waals surface area contributed by atoms with Crippen molar-refractivity contribution in [1.29, 1.82) is 0 Å². The zero-order valence-electron chi connectivity index (χ0n) is 12.2. The van der Waals surface area contributed by atoms with E-state index in [2.05, 4.69) is 55.6 Å². The van der Waals surface area contributed by atoms with Gasteiger partial charge in [0.2, 0.25) is 0 Å². The van der Waals surface area contributed by atoms with Crippen LogP contribution in [0.15, 0.2) is 54.6 Å². The van der Waals surface area contributed by atoms with Gasteiger partial charge in [0.05, 0.1) is 6.61 Å². The van der Waals surface area contributed by atoms with E-state index in [0.717, 1.165) is 6.42 Å². The van der Waals surface area contributed by atoms with E-state index in [9.17, 15) is 5.11 Å². The van der Waals surface area contributed by atoms with Crippen molar-refractivity contribution in [1.82, 2.24) is 5.32 Å². The average Bonchev–Trinajstić information content (AvgIpc) is 2.48. The number of aliphatic hydroxyl groups excluding tert-OH is 1. The van der Waals surface area contributed by atoms with Crippen LogP contribution in [0.25, 0.3) is 0 Å². The Labute approximate surface area is 121 Å². The van der Waals surface area contributed by atoms with E-state index in [0.29, 0.717) is 0 Å². The van der Waals surface area contributed by atoms with Crippen molar-refractivity contribution in [3.63, 3.8) is 0 Å². The Morgan fingerprint density at radius 3 is 2.25 bits per heavy atom. The lowest BCUT2D eigenvalue weighted by Gasteiger charge is -2.22. The highest BCUT2D eigenvalue weighted by molar-refractivity contribution is 5.24. The fourth-order valence-electron chi connectivity index (χ4n) is 2.38. The maximum atomic E-state index is 9.56. The van der Waals surface area contributed by atoms with Crippen LogP contribution in [0, 0.1) is 6.92 Å². The summed E-state index contributed by atoms with van der Waals surface area (Å²) in [5, 5.41) is 13.1. The lowest BCUT2D eigenvalue weighted by molar-refractivity contribution is 0.232. The van der Waals surface area contributed by atoms with E-state index in [1.807, 2.05) is 18.2 Å². The minimum absolute atomic E-state index is 0.0775. The molecule has 2 N–H and O–H groups in total. The van der Waals surface area contributed by atoms with Gasteiger partial charge < -0.3 is 10.4 Å². The fraction of sp³-hybridized carbons (Fsp3) is 0.333. The molecule has 0 heterocycles. The fourth-order valence-corrected chi connectivity index (χ4v) is 2.38. The molecule has 0 aliphatic heterocycles. The van der Waals surface area contributed by atoms with E-state index in [-0.39, 0.29) is 18.7 Å². The summed E-state index contributed by atoms with van der Waals surface area (Å²) in [6, 6.07) is 19.1. The second kappa shape index (κ2) is 7.22. The van der Waals surface area contributed by atoms with Crippen molar-refractivity contribution in [2.75, 3.05) is 6.61 Å². The normalized spacial score (nSPS) is 13.9. The number of aliphatic hydroxyl groups is 1. The van der Waals surface area contributed by atoms with Crippen molar-refractivity contribution in [3.05, 3.63) is 71.3 Å². The van der Waals surface area contributed by atoms with Crippen LogP contribution < -0.4 is 5.32 Å². The van der Waals surface area contributed by atoms with E-state index >= 15 is 0 Å². The van der Waals surface area contributed by atoms with Gasteiger partial charge in [-0.15, -0.1) is 0 Å². The summed E-state index contributed by atoms with van der Waals surface area (Å²) in [4.78, 5) is 0. The molecular weight excluding hydrogens is 246 g/mol. The molecular formula is C18H23NO. The molecule has 2 heteroatoms. The zero-order chi connectivity index (χ0) is 14.4. The van der Waals surface area contributed by atoms with Crippen molar-refractivity contribution in [2.45, 2.75) is 32.4 Å². The molecule has 2 nitrogen and oxygen atoms in total. The first-order chi connectivity index (χ1) is 9.69. The van der Waals surface area contributed by atoms with Crippen LogP contribution >= 0.6 is 0 Å². The second-order valence-electron chi connectivity index (χ2n) is 5.37. The van der Waals surface area contributed by atoms with Crippen LogP contribution in [0.5, 0.6) is 0 Å². The number of rotatable bonds is 6. The van der Waals surface area contributed by atoms with Crippen molar-refractivity contribution in [2.24, 2.45) is 0 Å². The molecule has 2 unspecified atom stereocenters. The van der Waals surface area contributed by atoms with Crippen LogP contribution in [0.2, 0.25) is 0 Å². The molecule has 0 spiro atoms. The molecule has 0 aliphatic carbocycles. The number of nitrogens with one attached hydrogen (secondary N) is 1. The maximum Gasteiger partial charge on any atom is 0.0588 e. The Morgan fingerprint density at radius 1 is 1.00 bits per heavy atom. The SMILES string of the molecule is Cc1ccc(C(C)NC(CO)Cc2ccccc2)cc1. The van der Waals surface area contributed by atoms with Crippen LogP contribution in [0.1, 0.15) is 29.7 Å². The minimum atomic E-state index is 0.0775. The van der Waals surface area contributed by atoms with Crippen molar-refractivity contribution < 1.29 is 5.11 Å². The van der Waals surface area contributed by atoms with Gasteiger partial charge in [-0.2, -0.15) is 0 Å². The zero-order valence-corrected chi connectivity index (χ0v) is 12.2. The summed E-state index contributed by atoms with van der Waals surface area (Å²) >= 11 is 0. The first-order valence-corrected chi connectivity index (χ1v) is 7.16. The van der Waals surface area contributed by atoms with Gasteiger partial charge in [-0.1, -0.05) is 60.2 Å². The topological polar surface area (TPSA) is 32.3 Å². The predicted octanol–water partition coefficient (Wildman–Crippen LogP) is 3.25. The van der Waals surface area contributed by atoms with Crippen LogP contribution in [0.3, 0.4) is 0 Å². The Kier molecular flexibility index (Phi) is 5.33. The highest BCUT2D eigenvalue weighted by Gasteiger charge is 2.13. The van der Waals surface area contributed by atoms with Gasteiger partial charge in [0, 0.05) is 12.1 Å². The lowest BCUT2D eigenvalue weighted by atomic mass is 10.0. The lowest BCUT2D eigenvalue weighted by Crippen LogP contribution is -2.36. The molecule has 2 aromatic carbocycles. The van der Waals surface area contributed by atoms with Crippen LogP contribution in [-0.4, -0.2) is 17.8 Å². The number of aryl methyl sites for hydroxylation is 1. The van der Waals surface area contributed by atoms with Gasteiger partial charge in [0.25, 0.3) is 0 Å². The molecule has 0 saturated carbocycles. The van der Waals surface area contributed by atoms with E-state index in [1.54, 1.807) is 0 Å². The van der Waals surface area contributed by atoms with Crippen LogP contribution in [0.4, 0.5) is 0 Å². The Bertz CT molecular complexity index is 507. The molecule has 0 bridgehead atoms. The quantitative estimate of drug-likeness (QED) is 0.843. The summed E-state index contributed by atoms with van der Waals surface area (Å²) in [6.45, 7) is 4.37. The maximum absolute atomic E-state index is 9.56. The third kappa shape index (κ3) is 4.19. The molecule has 0 amide bonds. The first kappa shape index (κ1) is 14.8. The number of benzene rings is 2. The summed E-state index contributed by atoms with van der Waals surface area (Å²) in [5.74, 6) is 0. The first-order valence-electron chi connectivity index (χ1n) is 7.16. The van der Waals surface area contributed by atoms with Gasteiger partial charge >= 0.3 is 0 Å². The molecule has 2 rings (SSSR count). The summed E-state index contributed by atoms with van der Waals surface area (Å²) in [5.41, 5.74) is 3.77. The second-order valence-corrected chi connectivity index (χ2v) is 5.37. The van der Waals surface area contributed by atoms with E-state index < -0.39 is 0 Å². The molecule has 2 aromatic rings. The molecule has 106 valence electrons. The standard InChI is InChI=1S/C18H23NO/c1-14-8-10-17(11-9-14)15(2)19-18(13-20)12-16-6-4-3-5-7-16/h3-11,15,18-20H,12-13H2,1-2H3. The Hall–Kier alpha value is -1.64. The number of hydrogen-bond acceptors (Lipinski definition) is 2.